The van der Waals surface area contributed by atoms with Gasteiger partial charge in [-0.05, 0) is 13.3 Å². The van der Waals surface area contributed by atoms with Crippen LogP contribution in [-0.4, -0.2) is 40.6 Å². The van der Waals surface area contributed by atoms with Gasteiger partial charge in [-0.15, -0.1) is 0 Å². The van der Waals surface area contributed by atoms with Gasteiger partial charge >= 0.3 is 0 Å². The van der Waals surface area contributed by atoms with E-state index in [4.69, 9.17) is 0 Å². The summed E-state index contributed by atoms with van der Waals surface area (Å²) in [7, 11) is 3.58. The van der Waals surface area contributed by atoms with E-state index < -0.39 is 0 Å². The highest BCUT2D eigenvalue weighted by Crippen LogP contribution is 2.25. The molecule has 0 aliphatic heterocycles. The molecule has 1 heterocycles. The maximum absolute atomic E-state index is 11.5. The van der Waals surface area contributed by atoms with Gasteiger partial charge < -0.3 is 9.88 Å². The zero-order valence-corrected chi connectivity index (χ0v) is 13.5. The number of aromatic amines is 1. The largest absolute Gasteiger partial charge is 0.349 e. The molecule has 1 N–H and O–H groups in total. The highest BCUT2D eigenvalue weighted by Gasteiger charge is 2.09. The lowest BCUT2D eigenvalue weighted by molar-refractivity contribution is -0.128. The van der Waals surface area contributed by atoms with Gasteiger partial charge in [-0.2, -0.15) is 0 Å². The van der Waals surface area contributed by atoms with Crippen molar-refractivity contribution in [3.8, 4) is 11.3 Å². The molecule has 4 nitrogen and oxygen atoms in total. The van der Waals surface area contributed by atoms with Crippen molar-refractivity contribution >= 4 is 17.7 Å². The van der Waals surface area contributed by atoms with Crippen LogP contribution < -0.4 is 0 Å². The van der Waals surface area contributed by atoms with Crippen LogP contribution in [-0.2, 0) is 4.79 Å². The van der Waals surface area contributed by atoms with Gasteiger partial charge in [0.25, 0.3) is 0 Å². The first-order valence-corrected chi connectivity index (χ1v) is 8.01. The second-order valence-electron chi connectivity index (χ2n) is 5.12. The number of thioether (sulfide) groups is 1. The summed E-state index contributed by atoms with van der Waals surface area (Å²) in [6.45, 7) is 2.04. The van der Waals surface area contributed by atoms with Crippen LogP contribution in [0.1, 0.15) is 18.5 Å². The molecule has 0 fully saturated rings. The Morgan fingerprint density at radius 1 is 1.29 bits per heavy atom. The van der Waals surface area contributed by atoms with E-state index in [1.807, 2.05) is 25.1 Å². The zero-order valence-electron chi connectivity index (χ0n) is 12.7. The van der Waals surface area contributed by atoms with Gasteiger partial charge in [-0.3, -0.25) is 4.79 Å². The molecule has 0 bridgehead atoms. The lowest BCUT2D eigenvalue weighted by Gasteiger charge is -2.08. The topological polar surface area (TPSA) is 49.0 Å². The fraction of sp³-hybridized carbons (Fsp3) is 0.375. The maximum Gasteiger partial charge on any atom is 0.222 e. The molecule has 0 radical (unpaired) electrons. The molecule has 1 aromatic carbocycles. The van der Waals surface area contributed by atoms with Crippen molar-refractivity contribution in [2.75, 3.05) is 19.8 Å². The van der Waals surface area contributed by atoms with Gasteiger partial charge in [0.1, 0.15) is 0 Å². The maximum atomic E-state index is 11.5. The molecule has 2 rings (SSSR count). The molecule has 112 valence electrons. The minimum Gasteiger partial charge on any atom is -0.349 e. The summed E-state index contributed by atoms with van der Waals surface area (Å²) >= 11 is 1.67. The molecule has 0 unspecified atom stereocenters. The summed E-state index contributed by atoms with van der Waals surface area (Å²) in [5.41, 5.74) is 3.21. The van der Waals surface area contributed by atoms with E-state index in [-0.39, 0.29) is 5.91 Å². The van der Waals surface area contributed by atoms with Crippen LogP contribution in [0.5, 0.6) is 0 Å². The van der Waals surface area contributed by atoms with Crippen LogP contribution in [0.2, 0.25) is 0 Å². The Morgan fingerprint density at radius 3 is 2.67 bits per heavy atom. The van der Waals surface area contributed by atoms with Crippen molar-refractivity contribution < 1.29 is 4.79 Å². The van der Waals surface area contributed by atoms with Gasteiger partial charge in [0.05, 0.1) is 5.69 Å². The van der Waals surface area contributed by atoms with Crippen LogP contribution in [0, 0.1) is 6.92 Å². The van der Waals surface area contributed by atoms with Crippen molar-refractivity contribution in [3.63, 3.8) is 0 Å². The second-order valence-corrected chi connectivity index (χ2v) is 6.21. The van der Waals surface area contributed by atoms with Crippen LogP contribution >= 0.6 is 11.8 Å². The lowest BCUT2D eigenvalue weighted by atomic mass is 10.1. The molecular formula is C16H21N3OS. The molecule has 1 aromatic heterocycles. The quantitative estimate of drug-likeness (QED) is 0.657. The average molecular weight is 303 g/mol. The van der Waals surface area contributed by atoms with E-state index in [2.05, 4.69) is 22.1 Å². The average Bonchev–Trinajstić information content (AvgIpc) is 2.85. The van der Waals surface area contributed by atoms with E-state index >= 15 is 0 Å². The number of hydrogen-bond donors (Lipinski definition) is 1. The van der Waals surface area contributed by atoms with Crippen molar-refractivity contribution in [2.45, 2.75) is 24.9 Å². The van der Waals surface area contributed by atoms with Crippen molar-refractivity contribution in [2.24, 2.45) is 0 Å². The molecule has 0 aliphatic carbocycles. The first-order valence-electron chi connectivity index (χ1n) is 7.03. The smallest absolute Gasteiger partial charge is 0.222 e. The SMILES string of the molecule is Cc1[nH]c(SCCCC(=O)N(C)C)nc1-c1ccccc1. The number of rotatable bonds is 6. The first-order chi connectivity index (χ1) is 10.1. The zero-order chi connectivity index (χ0) is 15.2. The molecule has 0 spiro atoms. The molecule has 0 saturated heterocycles. The van der Waals surface area contributed by atoms with Gasteiger partial charge in [0.15, 0.2) is 5.16 Å². The summed E-state index contributed by atoms with van der Waals surface area (Å²) in [5, 5.41) is 0.920. The number of amides is 1. The van der Waals surface area contributed by atoms with Gasteiger partial charge in [-0.25, -0.2) is 4.98 Å². The predicted molar refractivity (Wildman–Crippen MR) is 87.4 cm³/mol. The minimum absolute atomic E-state index is 0.177. The summed E-state index contributed by atoms with van der Waals surface area (Å²) in [6, 6.07) is 10.2. The predicted octanol–water partition coefficient (Wildman–Crippen LogP) is 3.35. The molecular weight excluding hydrogens is 282 g/mol. The number of nitrogens with zero attached hydrogens (tertiary/aromatic N) is 2. The lowest BCUT2D eigenvalue weighted by Crippen LogP contribution is -2.21. The Morgan fingerprint density at radius 2 is 2.00 bits per heavy atom. The van der Waals surface area contributed by atoms with Crippen LogP contribution in [0.4, 0.5) is 0 Å². The molecule has 5 heteroatoms. The Labute approximate surface area is 130 Å². The summed E-state index contributed by atoms with van der Waals surface area (Å²) in [6.07, 6.45) is 1.45. The van der Waals surface area contributed by atoms with Crippen LogP contribution in [0.3, 0.4) is 0 Å². The fourth-order valence-corrected chi connectivity index (χ4v) is 2.86. The standard InChI is InChI=1S/C16H21N3OS/c1-12-15(13-8-5-4-6-9-13)18-16(17-12)21-11-7-10-14(20)19(2)3/h4-6,8-9H,7,10-11H2,1-3H3,(H,17,18). The molecule has 0 atom stereocenters. The highest BCUT2D eigenvalue weighted by atomic mass is 32.2. The van der Waals surface area contributed by atoms with Crippen molar-refractivity contribution in [1.29, 1.82) is 0 Å². The minimum atomic E-state index is 0.177. The van der Waals surface area contributed by atoms with E-state index in [0.717, 1.165) is 34.3 Å². The number of aromatic nitrogens is 2. The number of nitrogens with one attached hydrogen (secondary N) is 1. The Kier molecular flexibility index (Phi) is 5.44. The number of H-pyrrole nitrogens is 1. The number of benzene rings is 1. The Hall–Kier alpha value is -1.75. The first kappa shape index (κ1) is 15.6. The third kappa shape index (κ3) is 4.36. The number of hydrogen-bond acceptors (Lipinski definition) is 3. The summed E-state index contributed by atoms with van der Waals surface area (Å²) in [5.74, 6) is 1.07. The summed E-state index contributed by atoms with van der Waals surface area (Å²) in [4.78, 5) is 21.1. The van der Waals surface area contributed by atoms with E-state index in [1.165, 1.54) is 0 Å². The highest BCUT2D eigenvalue weighted by molar-refractivity contribution is 7.99. The van der Waals surface area contributed by atoms with E-state index in [1.54, 1.807) is 30.8 Å². The van der Waals surface area contributed by atoms with E-state index in [9.17, 15) is 4.79 Å². The summed E-state index contributed by atoms with van der Waals surface area (Å²) < 4.78 is 0. The third-order valence-electron chi connectivity index (χ3n) is 3.18. The van der Waals surface area contributed by atoms with Gasteiger partial charge in [0, 0.05) is 37.5 Å². The van der Waals surface area contributed by atoms with Crippen LogP contribution in [0.15, 0.2) is 35.5 Å². The number of aryl methyl sites for hydroxylation is 1. The molecule has 21 heavy (non-hydrogen) atoms. The Balaban J connectivity index is 1.90. The number of carbonyl (C=O) groups is 1. The fourth-order valence-electron chi connectivity index (χ4n) is 1.99. The molecule has 0 saturated carbocycles. The third-order valence-corrected chi connectivity index (χ3v) is 4.14. The second kappa shape index (κ2) is 7.31. The molecule has 0 aliphatic rings. The normalized spacial score (nSPS) is 10.6. The molecule has 1 amide bonds. The number of carbonyl (C=O) groups excluding carboxylic acids is 1. The van der Waals surface area contributed by atoms with Crippen molar-refractivity contribution in [1.82, 2.24) is 14.9 Å². The van der Waals surface area contributed by atoms with Gasteiger partial charge in [-0.1, -0.05) is 42.1 Å². The number of imidazole rings is 1. The Bertz CT molecular complexity index is 593. The molecule has 2 aromatic rings. The van der Waals surface area contributed by atoms with Crippen LogP contribution in [0.25, 0.3) is 11.3 Å². The van der Waals surface area contributed by atoms with E-state index in [0.29, 0.717) is 6.42 Å². The van der Waals surface area contributed by atoms with Gasteiger partial charge in [0.2, 0.25) is 5.91 Å². The monoisotopic (exact) mass is 303 g/mol. The van der Waals surface area contributed by atoms with Crippen molar-refractivity contribution in [3.05, 3.63) is 36.0 Å².